The highest BCUT2D eigenvalue weighted by molar-refractivity contribution is 6.04. The number of rotatable bonds is 32. The number of allylic oxidation sites excluding steroid dienone is 8. The lowest BCUT2D eigenvalue weighted by atomic mass is 10.0. The minimum atomic E-state index is 0.732. The van der Waals surface area contributed by atoms with Gasteiger partial charge in [-0.1, -0.05) is 255 Å². The maximum absolute atomic E-state index is 5.73. The highest BCUT2D eigenvalue weighted by atomic mass is 15.1. The van der Waals surface area contributed by atoms with Crippen LogP contribution in [-0.2, 0) is 0 Å². The normalized spacial score (nSPS) is 13.2. The van der Waals surface area contributed by atoms with Crippen molar-refractivity contribution in [2.24, 2.45) is 20.0 Å². The summed E-state index contributed by atoms with van der Waals surface area (Å²) in [4.78, 5) is 38.4. The van der Waals surface area contributed by atoms with E-state index in [9.17, 15) is 0 Å². The summed E-state index contributed by atoms with van der Waals surface area (Å²) in [5.74, 6) is 2.93. The zero-order chi connectivity index (χ0) is 61.5. The molecule has 0 radical (unpaired) electrons. The van der Waals surface area contributed by atoms with Crippen LogP contribution in [0.5, 0.6) is 0 Å². The molecule has 8 aromatic rings. The van der Waals surface area contributed by atoms with Gasteiger partial charge in [-0.05, 0) is 144 Å². The van der Waals surface area contributed by atoms with Crippen molar-refractivity contribution >= 4 is 115 Å². The fourth-order valence-corrected chi connectivity index (χ4v) is 11.7. The number of nitrogens with zero attached hydrogens (tertiary/aromatic N) is 4. The molecule has 0 amide bonds. The first-order valence-electron chi connectivity index (χ1n) is 34.3. The van der Waals surface area contributed by atoms with E-state index < -0.39 is 0 Å². The van der Waals surface area contributed by atoms with E-state index >= 15 is 0 Å². The van der Waals surface area contributed by atoms with Crippen molar-refractivity contribution in [2.75, 3.05) is 0 Å². The van der Waals surface area contributed by atoms with Crippen LogP contribution in [0.3, 0.4) is 0 Å². The van der Waals surface area contributed by atoms with Gasteiger partial charge >= 0.3 is 0 Å². The Balaban J connectivity index is 1.46. The average Bonchev–Trinajstić information content (AvgIpc) is 2.05. The molecule has 0 fully saturated rings. The Bertz CT molecular complexity index is 3620. The first kappa shape index (κ1) is 64.6. The molecule has 88 heavy (non-hydrogen) atoms. The number of nitrogens with one attached hydrogen (secondary N) is 4. The second-order valence-electron chi connectivity index (χ2n) is 24.2. The number of H-pyrrole nitrogens is 4. The average molecular weight is 1170 g/mol. The summed E-state index contributed by atoms with van der Waals surface area (Å²) in [6.07, 6.45) is 63.8. The number of unbranched alkanes of at least 4 members (excludes halogenated alkanes) is 16. The van der Waals surface area contributed by atoms with Crippen molar-refractivity contribution < 1.29 is 0 Å². The van der Waals surface area contributed by atoms with Crippen molar-refractivity contribution in [2.45, 2.75) is 209 Å². The largest absolute Gasteiger partial charge is 0.324 e. The van der Waals surface area contributed by atoms with Gasteiger partial charge in [-0.2, -0.15) is 0 Å². The summed E-state index contributed by atoms with van der Waals surface area (Å²) in [7, 11) is 0. The fraction of sp³-hybridized carbons (Fsp3) is 0.400. The molecule has 0 aliphatic carbocycles. The van der Waals surface area contributed by atoms with Gasteiger partial charge in [0.05, 0.1) is 0 Å². The summed E-state index contributed by atoms with van der Waals surface area (Å²) in [5, 5.41) is 7.99. The molecule has 1 aliphatic heterocycles. The van der Waals surface area contributed by atoms with Gasteiger partial charge in [0.15, 0.2) is 0 Å². The van der Waals surface area contributed by atoms with Crippen LogP contribution in [0.25, 0.3) is 91.7 Å². The summed E-state index contributed by atoms with van der Waals surface area (Å²) < 4.78 is 0. The molecule has 0 atom stereocenters. The molecule has 460 valence electrons. The van der Waals surface area contributed by atoms with Gasteiger partial charge in [-0.15, -0.1) is 0 Å². The maximum Gasteiger partial charge on any atom is 0.142 e. The third kappa shape index (κ3) is 16.5. The Kier molecular flexibility index (Phi) is 24.6. The fourth-order valence-electron chi connectivity index (χ4n) is 11.7. The van der Waals surface area contributed by atoms with Crippen LogP contribution in [0.2, 0.25) is 0 Å². The van der Waals surface area contributed by atoms with Crippen molar-refractivity contribution in [3.8, 4) is 0 Å². The van der Waals surface area contributed by atoms with Gasteiger partial charge in [0.1, 0.15) is 45.2 Å². The molecular formula is C80H100N8. The van der Waals surface area contributed by atoms with Crippen LogP contribution < -0.4 is 22.0 Å². The van der Waals surface area contributed by atoms with Crippen LogP contribution in [-0.4, -0.2) is 19.9 Å². The van der Waals surface area contributed by atoms with E-state index in [4.69, 9.17) is 20.0 Å². The zero-order valence-corrected chi connectivity index (χ0v) is 54.6. The van der Waals surface area contributed by atoms with E-state index in [-0.39, 0.29) is 0 Å². The number of fused-ring (bicyclic) bond motifs is 20. The van der Waals surface area contributed by atoms with E-state index in [0.717, 1.165) is 287 Å². The number of hydrogen-bond acceptors (Lipinski definition) is 4. The van der Waals surface area contributed by atoms with Crippen molar-refractivity contribution in [3.05, 3.63) is 164 Å². The SMILES string of the molecule is CCCCC=Cc1cc2c3[nH]c(c2cc1C=CCCCC)N=c1[nH]c(c2cc(C=CCCCC)c(C=CCCCC)cc12)=Nc1[nH]c(c2cc(C=CCCCC)c(C=CCCCC)cc12)N=c1[nH]c(c2cc(C=CCCCC)c(C=CCCCC)cc12)=N3. The van der Waals surface area contributed by atoms with Gasteiger partial charge in [-0.25, -0.2) is 20.0 Å². The Morgan fingerprint density at radius 1 is 0.227 bits per heavy atom. The summed E-state index contributed by atoms with van der Waals surface area (Å²) >= 11 is 0. The van der Waals surface area contributed by atoms with Crippen molar-refractivity contribution in [3.63, 3.8) is 0 Å². The molecular weight excluding hydrogens is 1070 g/mol. The first-order chi connectivity index (χ1) is 43.3. The highest BCUT2D eigenvalue weighted by Crippen LogP contribution is 2.39. The molecule has 4 aromatic carbocycles. The Morgan fingerprint density at radius 3 is 0.545 bits per heavy atom. The molecule has 0 unspecified atom stereocenters. The molecule has 0 spiro atoms. The van der Waals surface area contributed by atoms with Crippen LogP contribution in [0.15, 0.2) is 117 Å². The Hall–Kier alpha value is -7.84. The standard InChI is InChI=1S/C80H100N8/c1-9-17-25-33-41-57-49-65-66(50-58(57)42-34-26-18-10-2)74-81-73(65)85-75-67-51-59(43-35-27-19-11-3)60(44-36-28-20-12-4)52-68(67)77(82-75)87-79-71-55-63(47-39-31-23-15-7)64(48-40-32-24-16-8)56-72(71)80(84-79)88-78-70-54-62(46-38-30-22-14-6)61(45-37-29-21-13-5)53-69(70)76(83-78)86-74/h33-56H,9-32H2,1-8H3,(H4,81,82,83,84,85,86,87,88). The minimum Gasteiger partial charge on any atom is -0.324 e. The number of hydrogen-bond donors (Lipinski definition) is 4. The predicted molar refractivity (Wildman–Crippen MR) is 385 cm³/mol. The molecule has 4 aromatic heterocycles. The van der Waals surface area contributed by atoms with Gasteiger partial charge in [0.25, 0.3) is 0 Å². The molecule has 0 saturated carbocycles. The van der Waals surface area contributed by atoms with E-state index in [2.05, 4.69) is 221 Å². The molecule has 1 aliphatic rings. The molecule has 9 rings (SSSR count). The highest BCUT2D eigenvalue weighted by Gasteiger charge is 2.19. The predicted octanol–water partition coefficient (Wildman–Crippen LogP) is 23.4. The van der Waals surface area contributed by atoms with Crippen LogP contribution in [0.1, 0.15) is 254 Å². The Morgan fingerprint density at radius 2 is 0.386 bits per heavy atom. The van der Waals surface area contributed by atoms with E-state index in [1.165, 1.54) is 0 Å². The number of benzene rings is 4. The minimum absolute atomic E-state index is 0.732. The summed E-state index contributed by atoms with van der Waals surface area (Å²) in [6, 6.07) is 18.6. The second-order valence-corrected chi connectivity index (χ2v) is 24.2. The molecule has 4 N–H and O–H groups in total. The molecule has 5 heterocycles. The molecule has 8 heteroatoms. The van der Waals surface area contributed by atoms with E-state index in [1.807, 2.05) is 0 Å². The van der Waals surface area contributed by atoms with Crippen LogP contribution in [0.4, 0.5) is 23.3 Å². The van der Waals surface area contributed by atoms with Gasteiger partial charge in [0, 0.05) is 43.1 Å². The quantitative estimate of drug-likeness (QED) is 0.0301. The van der Waals surface area contributed by atoms with Gasteiger partial charge < -0.3 is 19.9 Å². The van der Waals surface area contributed by atoms with Crippen molar-refractivity contribution in [1.29, 1.82) is 0 Å². The molecule has 8 bridgehead atoms. The van der Waals surface area contributed by atoms with Gasteiger partial charge in [-0.3, -0.25) is 0 Å². The molecule has 8 nitrogen and oxygen atoms in total. The number of aromatic amines is 4. The topological polar surface area (TPSA) is 113 Å². The number of aromatic nitrogens is 4. The monoisotopic (exact) mass is 1170 g/mol. The summed E-state index contributed by atoms with van der Waals surface area (Å²) in [6.45, 7) is 18.1. The van der Waals surface area contributed by atoms with Crippen molar-refractivity contribution in [1.82, 2.24) is 19.9 Å². The lowest BCUT2D eigenvalue weighted by Gasteiger charge is -2.05. The van der Waals surface area contributed by atoms with Crippen LogP contribution >= 0.6 is 0 Å². The van der Waals surface area contributed by atoms with E-state index in [0.29, 0.717) is 0 Å². The lowest BCUT2D eigenvalue weighted by Crippen LogP contribution is -2.10. The third-order valence-electron chi connectivity index (χ3n) is 16.9. The third-order valence-corrected chi connectivity index (χ3v) is 16.9. The first-order valence-corrected chi connectivity index (χ1v) is 34.3. The second kappa shape index (κ2) is 33.5. The maximum atomic E-state index is 5.73. The zero-order valence-electron chi connectivity index (χ0n) is 54.6. The summed E-state index contributed by atoms with van der Waals surface area (Å²) in [5.41, 5.74) is 12.2. The van der Waals surface area contributed by atoms with Gasteiger partial charge in [0.2, 0.25) is 0 Å². The van der Waals surface area contributed by atoms with E-state index in [1.54, 1.807) is 0 Å². The van der Waals surface area contributed by atoms with Crippen LogP contribution in [0, 0.1) is 0 Å². The smallest absolute Gasteiger partial charge is 0.142 e. The lowest BCUT2D eigenvalue weighted by molar-refractivity contribution is 0.816. The Labute approximate surface area is 525 Å². The molecule has 0 saturated heterocycles.